The zero-order valence-electron chi connectivity index (χ0n) is 8.70. The van der Waals surface area contributed by atoms with Gasteiger partial charge in [-0.3, -0.25) is 10.1 Å². The molecule has 0 amide bonds. The second kappa shape index (κ2) is 5.55. The predicted molar refractivity (Wildman–Crippen MR) is 59.8 cm³/mol. The van der Waals surface area contributed by atoms with E-state index in [-0.39, 0.29) is 23.2 Å². The van der Waals surface area contributed by atoms with Crippen molar-refractivity contribution >= 4 is 24.0 Å². The van der Waals surface area contributed by atoms with Crippen LogP contribution in [0.15, 0.2) is 24.3 Å². The number of carboxylic acids is 1. The fourth-order valence-electron chi connectivity index (χ4n) is 1.32. The molecule has 0 bridgehead atoms. The standard InChI is InChI=1S/C11H9NO5/c13-7-2-1-4-8-9(11(14)15)5-3-6-10(8)12(16)17/h1,3-7H,2H2,(H,14,15). The first-order chi connectivity index (χ1) is 8.07. The van der Waals surface area contributed by atoms with Gasteiger partial charge in [0.05, 0.1) is 16.1 Å². The van der Waals surface area contributed by atoms with Gasteiger partial charge in [-0.05, 0) is 6.07 Å². The Morgan fingerprint density at radius 1 is 1.47 bits per heavy atom. The summed E-state index contributed by atoms with van der Waals surface area (Å²) in [6, 6.07) is 3.79. The molecule has 6 nitrogen and oxygen atoms in total. The van der Waals surface area contributed by atoms with Crippen LogP contribution in [-0.2, 0) is 4.79 Å². The van der Waals surface area contributed by atoms with Crippen LogP contribution in [0.1, 0.15) is 22.3 Å². The Hall–Kier alpha value is -2.50. The highest BCUT2D eigenvalue weighted by Crippen LogP contribution is 2.24. The normalized spacial score (nSPS) is 10.4. The number of nitro benzene ring substituents is 1. The largest absolute Gasteiger partial charge is 0.478 e. The molecule has 0 aliphatic rings. The molecule has 1 N–H and O–H groups in total. The van der Waals surface area contributed by atoms with Gasteiger partial charge in [-0.25, -0.2) is 4.79 Å². The molecule has 0 spiro atoms. The molecule has 0 saturated carbocycles. The molecule has 0 heterocycles. The maximum absolute atomic E-state index is 10.9. The quantitative estimate of drug-likeness (QED) is 0.477. The number of allylic oxidation sites excluding steroid dienone is 1. The summed E-state index contributed by atoms with van der Waals surface area (Å²) in [5.74, 6) is -1.25. The molecule has 1 rings (SSSR count). The van der Waals surface area contributed by atoms with E-state index in [9.17, 15) is 19.7 Å². The summed E-state index contributed by atoms with van der Waals surface area (Å²) in [7, 11) is 0. The smallest absolute Gasteiger partial charge is 0.336 e. The maximum Gasteiger partial charge on any atom is 0.336 e. The van der Waals surface area contributed by atoms with Crippen LogP contribution in [-0.4, -0.2) is 22.3 Å². The van der Waals surface area contributed by atoms with Crippen LogP contribution < -0.4 is 0 Å². The molecular formula is C11H9NO5. The van der Waals surface area contributed by atoms with E-state index in [1.54, 1.807) is 0 Å². The topological polar surface area (TPSA) is 97.5 Å². The molecule has 88 valence electrons. The van der Waals surface area contributed by atoms with E-state index in [2.05, 4.69) is 0 Å². The van der Waals surface area contributed by atoms with E-state index in [0.717, 1.165) is 0 Å². The van der Waals surface area contributed by atoms with Crippen LogP contribution in [0.25, 0.3) is 6.08 Å². The number of carbonyl (C=O) groups excluding carboxylic acids is 1. The van der Waals surface area contributed by atoms with Crippen LogP contribution in [0.5, 0.6) is 0 Å². The summed E-state index contributed by atoms with van der Waals surface area (Å²) in [5.41, 5.74) is -0.472. The average molecular weight is 235 g/mol. The lowest BCUT2D eigenvalue weighted by molar-refractivity contribution is -0.385. The van der Waals surface area contributed by atoms with Gasteiger partial charge in [0, 0.05) is 12.5 Å². The molecule has 6 heteroatoms. The Kier molecular flexibility index (Phi) is 4.10. The Bertz CT molecular complexity index is 460. The molecule has 0 aliphatic carbocycles. The molecule has 0 aromatic heterocycles. The van der Waals surface area contributed by atoms with E-state index in [4.69, 9.17) is 5.11 Å². The van der Waals surface area contributed by atoms with E-state index in [1.165, 1.54) is 30.4 Å². The third-order valence-electron chi connectivity index (χ3n) is 2.03. The fourth-order valence-corrected chi connectivity index (χ4v) is 1.32. The van der Waals surface area contributed by atoms with Crippen molar-refractivity contribution in [1.82, 2.24) is 0 Å². The lowest BCUT2D eigenvalue weighted by atomic mass is 10.0. The molecular weight excluding hydrogens is 226 g/mol. The van der Waals surface area contributed by atoms with Gasteiger partial charge < -0.3 is 9.90 Å². The van der Waals surface area contributed by atoms with Crippen molar-refractivity contribution < 1.29 is 19.6 Å². The Balaban J connectivity index is 3.33. The molecule has 0 fully saturated rings. The van der Waals surface area contributed by atoms with Crippen molar-refractivity contribution in [3.8, 4) is 0 Å². The summed E-state index contributed by atoms with van der Waals surface area (Å²) in [6.45, 7) is 0. The first-order valence-corrected chi connectivity index (χ1v) is 4.68. The monoisotopic (exact) mass is 235 g/mol. The minimum atomic E-state index is -1.25. The van der Waals surface area contributed by atoms with Gasteiger partial charge >= 0.3 is 5.97 Å². The van der Waals surface area contributed by atoms with E-state index in [1.807, 2.05) is 0 Å². The number of hydrogen-bond acceptors (Lipinski definition) is 4. The summed E-state index contributed by atoms with van der Waals surface area (Å²) >= 11 is 0. The van der Waals surface area contributed by atoms with Crippen molar-refractivity contribution in [2.75, 3.05) is 0 Å². The van der Waals surface area contributed by atoms with Gasteiger partial charge in [0.25, 0.3) is 5.69 Å². The van der Waals surface area contributed by atoms with Crippen molar-refractivity contribution in [3.05, 3.63) is 45.5 Å². The lowest BCUT2D eigenvalue weighted by Gasteiger charge is -2.01. The molecule has 0 aliphatic heterocycles. The van der Waals surface area contributed by atoms with Crippen LogP contribution >= 0.6 is 0 Å². The minimum Gasteiger partial charge on any atom is -0.478 e. The third kappa shape index (κ3) is 2.97. The molecule has 0 radical (unpaired) electrons. The first kappa shape index (κ1) is 12.6. The van der Waals surface area contributed by atoms with E-state index >= 15 is 0 Å². The average Bonchev–Trinajstić information content (AvgIpc) is 2.28. The molecule has 0 saturated heterocycles. The highest BCUT2D eigenvalue weighted by atomic mass is 16.6. The van der Waals surface area contributed by atoms with Crippen molar-refractivity contribution in [3.63, 3.8) is 0 Å². The van der Waals surface area contributed by atoms with Gasteiger partial charge in [0.1, 0.15) is 6.29 Å². The first-order valence-electron chi connectivity index (χ1n) is 4.68. The fraction of sp³-hybridized carbons (Fsp3) is 0.0909. The number of benzene rings is 1. The second-order valence-corrected chi connectivity index (χ2v) is 3.11. The van der Waals surface area contributed by atoms with Crippen LogP contribution in [0.2, 0.25) is 0 Å². The van der Waals surface area contributed by atoms with Crippen LogP contribution in [0, 0.1) is 10.1 Å². The molecule has 1 aromatic rings. The van der Waals surface area contributed by atoms with Crippen molar-refractivity contribution in [2.45, 2.75) is 6.42 Å². The SMILES string of the molecule is O=CCC=Cc1c(C(=O)O)cccc1[N+](=O)[O-]. The molecule has 1 aromatic carbocycles. The van der Waals surface area contributed by atoms with Crippen molar-refractivity contribution in [1.29, 1.82) is 0 Å². The number of aldehydes is 1. The maximum atomic E-state index is 10.9. The third-order valence-corrected chi connectivity index (χ3v) is 2.03. The van der Waals surface area contributed by atoms with Gasteiger partial charge in [-0.2, -0.15) is 0 Å². The predicted octanol–water partition coefficient (Wildman–Crippen LogP) is 1.90. The van der Waals surface area contributed by atoms with Gasteiger partial charge in [0.15, 0.2) is 0 Å². The number of aromatic carboxylic acids is 1. The number of carboxylic acid groups (broad SMARTS) is 1. The number of nitro groups is 1. The summed E-state index contributed by atoms with van der Waals surface area (Å²) < 4.78 is 0. The summed E-state index contributed by atoms with van der Waals surface area (Å²) in [5, 5.41) is 19.6. The second-order valence-electron chi connectivity index (χ2n) is 3.11. The van der Waals surface area contributed by atoms with E-state index in [0.29, 0.717) is 6.29 Å². The Labute approximate surface area is 96.3 Å². The minimum absolute atomic E-state index is 0.00755. The zero-order chi connectivity index (χ0) is 12.8. The molecule has 17 heavy (non-hydrogen) atoms. The highest BCUT2D eigenvalue weighted by molar-refractivity contribution is 5.94. The van der Waals surface area contributed by atoms with Gasteiger partial charge in [0.2, 0.25) is 0 Å². The van der Waals surface area contributed by atoms with E-state index < -0.39 is 10.9 Å². The highest BCUT2D eigenvalue weighted by Gasteiger charge is 2.18. The number of carbonyl (C=O) groups is 2. The zero-order valence-corrected chi connectivity index (χ0v) is 8.70. The number of rotatable bonds is 5. The number of nitrogens with zero attached hydrogens (tertiary/aromatic N) is 1. The lowest BCUT2D eigenvalue weighted by Crippen LogP contribution is -2.02. The van der Waals surface area contributed by atoms with Gasteiger partial charge in [-0.1, -0.05) is 18.2 Å². The molecule has 0 unspecified atom stereocenters. The van der Waals surface area contributed by atoms with Crippen molar-refractivity contribution in [2.24, 2.45) is 0 Å². The summed E-state index contributed by atoms with van der Waals surface area (Å²) in [4.78, 5) is 31.1. The Morgan fingerprint density at radius 3 is 2.71 bits per heavy atom. The van der Waals surface area contributed by atoms with Gasteiger partial charge in [-0.15, -0.1) is 0 Å². The Morgan fingerprint density at radius 2 is 2.18 bits per heavy atom. The van der Waals surface area contributed by atoms with Crippen LogP contribution in [0.3, 0.4) is 0 Å². The number of hydrogen-bond donors (Lipinski definition) is 1. The van der Waals surface area contributed by atoms with Crippen LogP contribution in [0.4, 0.5) is 5.69 Å². The molecule has 0 atom stereocenters. The summed E-state index contributed by atoms with van der Waals surface area (Å²) in [6.07, 6.45) is 3.34.